The van der Waals surface area contributed by atoms with E-state index in [4.69, 9.17) is 5.73 Å². The highest BCUT2D eigenvalue weighted by molar-refractivity contribution is 5.92. The zero-order valence-corrected chi connectivity index (χ0v) is 10.6. The second kappa shape index (κ2) is 7.04. The predicted octanol–water partition coefficient (Wildman–Crippen LogP) is 1.43. The number of benzene rings is 1. The van der Waals surface area contributed by atoms with Crippen LogP contribution in [-0.2, 0) is 11.3 Å². The molecule has 0 fully saturated rings. The number of anilines is 1. The second-order valence-electron chi connectivity index (χ2n) is 4.15. The third-order valence-electron chi connectivity index (χ3n) is 2.53. The summed E-state index contributed by atoms with van der Waals surface area (Å²) < 4.78 is 0. The first kappa shape index (κ1) is 13.7. The van der Waals surface area contributed by atoms with Gasteiger partial charge in [0, 0.05) is 12.2 Å². The molecule has 1 aromatic rings. The first-order chi connectivity index (χ1) is 8.17. The van der Waals surface area contributed by atoms with Gasteiger partial charge in [0.25, 0.3) is 0 Å². The fourth-order valence-corrected chi connectivity index (χ4v) is 1.72. The summed E-state index contributed by atoms with van der Waals surface area (Å²) in [5.74, 6) is 0.00171. The lowest BCUT2D eigenvalue weighted by molar-refractivity contribution is -0.117. The van der Waals surface area contributed by atoms with E-state index in [1.165, 1.54) is 0 Å². The van der Waals surface area contributed by atoms with Crippen LogP contribution in [0.3, 0.4) is 0 Å². The van der Waals surface area contributed by atoms with Gasteiger partial charge in [-0.05, 0) is 31.6 Å². The van der Waals surface area contributed by atoms with Crippen molar-refractivity contribution in [2.24, 2.45) is 5.73 Å². The molecule has 0 saturated carbocycles. The summed E-state index contributed by atoms with van der Waals surface area (Å²) in [5, 5.41) is 2.89. The Hall–Kier alpha value is -1.39. The van der Waals surface area contributed by atoms with Crippen molar-refractivity contribution in [3.05, 3.63) is 29.8 Å². The van der Waals surface area contributed by atoms with E-state index >= 15 is 0 Å². The monoisotopic (exact) mass is 235 g/mol. The van der Waals surface area contributed by atoms with Crippen molar-refractivity contribution >= 4 is 11.6 Å². The first-order valence-electron chi connectivity index (χ1n) is 5.93. The Bertz CT molecular complexity index is 365. The Kier molecular flexibility index (Phi) is 5.66. The van der Waals surface area contributed by atoms with E-state index < -0.39 is 0 Å². The quantitative estimate of drug-likeness (QED) is 0.784. The van der Waals surface area contributed by atoms with Gasteiger partial charge in [-0.15, -0.1) is 0 Å². The number of hydrogen-bond donors (Lipinski definition) is 2. The molecule has 0 spiro atoms. The van der Waals surface area contributed by atoms with Crippen molar-refractivity contribution in [3.63, 3.8) is 0 Å². The van der Waals surface area contributed by atoms with Gasteiger partial charge in [0.15, 0.2) is 0 Å². The number of carbonyl (C=O) groups excluding carboxylic acids is 1. The number of rotatable bonds is 6. The van der Waals surface area contributed by atoms with Crippen molar-refractivity contribution in [1.82, 2.24) is 4.90 Å². The van der Waals surface area contributed by atoms with Crippen molar-refractivity contribution < 1.29 is 4.79 Å². The predicted molar refractivity (Wildman–Crippen MR) is 70.8 cm³/mol. The number of hydrogen-bond acceptors (Lipinski definition) is 3. The molecule has 0 aromatic heterocycles. The summed E-state index contributed by atoms with van der Waals surface area (Å²) in [6.07, 6.45) is 1.04. The average Bonchev–Trinajstić information content (AvgIpc) is 2.29. The number of nitrogens with two attached hydrogens (primary N) is 1. The van der Waals surface area contributed by atoms with Crippen LogP contribution in [0.25, 0.3) is 0 Å². The lowest BCUT2D eigenvalue weighted by Crippen LogP contribution is -2.31. The van der Waals surface area contributed by atoms with Gasteiger partial charge in [-0.1, -0.05) is 25.1 Å². The van der Waals surface area contributed by atoms with Gasteiger partial charge in [0.05, 0.1) is 6.54 Å². The smallest absolute Gasteiger partial charge is 0.238 e. The minimum Gasteiger partial charge on any atom is -0.326 e. The number of likely N-dealkylation sites (N-methyl/N-ethyl adjacent to an activating group) is 1. The van der Waals surface area contributed by atoms with Crippen molar-refractivity contribution in [3.8, 4) is 0 Å². The number of carbonyl (C=O) groups is 1. The molecule has 0 aliphatic rings. The summed E-state index contributed by atoms with van der Waals surface area (Å²) in [4.78, 5) is 13.8. The molecule has 94 valence electrons. The molecule has 0 heterocycles. The largest absolute Gasteiger partial charge is 0.326 e. The highest BCUT2D eigenvalue weighted by atomic mass is 16.2. The molecule has 4 heteroatoms. The average molecular weight is 235 g/mol. The van der Waals surface area contributed by atoms with E-state index in [9.17, 15) is 4.79 Å². The van der Waals surface area contributed by atoms with Gasteiger partial charge in [0.2, 0.25) is 5.91 Å². The summed E-state index contributed by atoms with van der Waals surface area (Å²) in [5.41, 5.74) is 7.38. The number of nitrogens with one attached hydrogen (secondary N) is 1. The van der Waals surface area contributed by atoms with Gasteiger partial charge in [-0.3, -0.25) is 9.69 Å². The van der Waals surface area contributed by atoms with Crippen LogP contribution in [0, 0.1) is 0 Å². The molecule has 0 bridgehead atoms. The highest BCUT2D eigenvalue weighted by Gasteiger charge is 2.07. The maximum atomic E-state index is 11.8. The fourth-order valence-electron chi connectivity index (χ4n) is 1.72. The molecule has 4 nitrogen and oxygen atoms in total. The Balaban J connectivity index is 2.55. The summed E-state index contributed by atoms with van der Waals surface area (Å²) in [7, 11) is 1.94. The first-order valence-corrected chi connectivity index (χ1v) is 5.93. The molecule has 17 heavy (non-hydrogen) atoms. The molecule has 1 aromatic carbocycles. The maximum absolute atomic E-state index is 11.8. The van der Waals surface area contributed by atoms with Crippen LogP contribution in [0.5, 0.6) is 0 Å². The van der Waals surface area contributed by atoms with Gasteiger partial charge in [-0.25, -0.2) is 0 Å². The lowest BCUT2D eigenvalue weighted by Gasteiger charge is -2.16. The molecule has 1 rings (SSSR count). The fraction of sp³-hybridized carbons (Fsp3) is 0.462. The zero-order chi connectivity index (χ0) is 12.7. The Morgan fingerprint density at radius 2 is 2.12 bits per heavy atom. The third-order valence-corrected chi connectivity index (χ3v) is 2.53. The minimum absolute atomic E-state index is 0.00171. The molecule has 0 saturated heterocycles. The van der Waals surface area contributed by atoms with E-state index in [2.05, 4.69) is 12.2 Å². The van der Waals surface area contributed by atoms with E-state index in [-0.39, 0.29) is 5.91 Å². The molecular formula is C13H21N3O. The van der Waals surface area contributed by atoms with Gasteiger partial charge in [-0.2, -0.15) is 0 Å². The van der Waals surface area contributed by atoms with E-state index in [1.54, 1.807) is 0 Å². The summed E-state index contributed by atoms with van der Waals surface area (Å²) in [6.45, 7) is 3.86. The highest BCUT2D eigenvalue weighted by Crippen LogP contribution is 2.13. The topological polar surface area (TPSA) is 58.4 Å². The van der Waals surface area contributed by atoms with E-state index in [0.717, 1.165) is 24.2 Å². The van der Waals surface area contributed by atoms with Crippen molar-refractivity contribution in [1.29, 1.82) is 0 Å². The van der Waals surface area contributed by atoms with Crippen LogP contribution >= 0.6 is 0 Å². The van der Waals surface area contributed by atoms with E-state index in [1.807, 2.05) is 36.2 Å². The van der Waals surface area contributed by atoms with Crippen molar-refractivity contribution in [2.45, 2.75) is 19.9 Å². The number of nitrogens with zero attached hydrogens (tertiary/aromatic N) is 1. The number of para-hydroxylation sites is 1. The Morgan fingerprint density at radius 1 is 1.41 bits per heavy atom. The summed E-state index contributed by atoms with van der Waals surface area (Å²) >= 11 is 0. The van der Waals surface area contributed by atoms with Gasteiger partial charge in [0.1, 0.15) is 0 Å². The minimum atomic E-state index is 0.00171. The zero-order valence-electron chi connectivity index (χ0n) is 10.6. The van der Waals surface area contributed by atoms with Crippen LogP contribution in [-0.4, -0.2) is 30.9 Å². The molecule has 0 radical (unpaired) electrons. The second-order valence-corrected chi connectivity index (χ2v) is 4.15. The SMILES string of the molecule is CCCN(C)CC(=O)Nc1ccccc1CN. The van der Waals surface area contributed by atoms with Gasteiger partial charge < -0.3 is 11.1 Å². The van der Waals surface area contributed by atoms with Crippen LogP contribution in [0.2, 0.25) is 0 Å². The Labute approximate surface area is 103 Å². The third kappa shape index (κ3) is 4.54. The molecule has 1 amide bonds. The normalized spacial score (nSPS) is 10.6. The van der Waals surface area contributed by atoms with Crippen LogP contribution in [0.15, 0.2) is 24.3 Å². The van der Waals surface area contributed by atoms with Crippen LogP contribution < -0.4 is 11.1 Å². The van der Waals surface area contributed by atoms with Crippen LogP contribution in [0.1, 0.15) is 18.9 Å². The molecule has 0 aliphatic carbocycles. The van der Waals surface area contributed by atoms with Gasteiger partial charge >= 0.3 is 0 Å². The molecule has 3 N–H and O–H groups in total. The standard InChI is InChI=1S/C13H21N3O/c1-3-8-16(2)10-13(17)15-12-7-5-4-6-11(12)9-14/h4-7H,3,8-10,14H2,1-2H3,(H,15,17). The summed E-state index contributed by atoms with van der Waals surface area (Å²) in [6, 6.07) is 7.61. The molecule has 0 aliphatic heterocycles. The van der Waals surface area contributed by atoms with Crippen LogP contribution in [0.4, 0.5) is 5.69 Å². The number of amides is 1. The Morgan fingerprint density at radius 3 is 2.76 bits per heavy atom. The maximum Gasteiger partial charge on any atom is 0.238 e. The molecule has 0 unspecified atom stereocenters. The lowest BCUT2D eigenvalue weighted by atomic mass is 10.2. The molecule has 0 atom stereocenters. The van der Waals surface area contributed by atoms with Crippen molar-refractivity contribution in [2.75, 3.05) is 25.5 Å². The molecular weight excluding hydrogens is 214 g/mol. The van der Waals surface area contributed by atoms with E-state index in [0.29, 0.717) is 13.1 Å².